The summed E-state index contributed by atoms with van der Waals surface area (Å²) in [6.07, 6.45) is 0. The van der Waals surface area contributed by atoms with Gasteiger partial charge >= 0.3 is 5.97 Å². The van der Waals surface area contributed by atoms with Gasteiger partial charge in [-0.05, 0) is 43.3 Å². The van der Waals surface area contributed by atoms with Crippen LogP contribution in [0, 0.1) is 10.1 Å². The van der Waals surface area contributed by atoms with Crippen molar-refractivity contribution in [1.29, 1.82) is 0 Å². The first-order chi connectivity index (χ1) is 15.1. The van der Waals surface area contributed by atoms with Gasteiger partial charge in [0.05, 0.1) is 34.2 Å². The number of azo groups is 1. The summed E-state index contributed by atoms with van der Waals surface area (Å²) in [6, 6.07) is 12.5. The second kappa shape index (κ2) is 8.96. The molecule has 0 aliphatic rings. The number of carbonyl (C=O) groups excluding carboxylic acids is 1. The molecule has 166 valence electrons. The largest absolute Gasteiger partial charge is 0.462 e. The molecule has 3 rings (SSSR count). The number of nitro benzene ring substituents is 1. The standard InChI is InChI=1S/C22H24N6O4/c1-5-32-21(29)14-6-10-16(11-7-14)27-20(23)18(19(26-27)22(2,3)4)25-24-15-8-12-17(13-9-15)28(30)31/h6-13H,5,23H2,1-4H3. The minimum Gasteiger partial charge on any atom is -0.462 e. The van der Waals surface area contributed by atoms with E-state index < -0.39 is 10.9 Å². The van der Waals surface area contributed by atoms with E-state index in [-0.39, 0.29) is 16.9 Å². The lowest BCUT2D eigenvalue weighted by atomic mass is 9.91. The highest BCUT2D eigenvalue weighted by molar-refractivity contribution is 5.89. The maximum Gasteiger partial charge on any atom is 0.338 e. The first kappa shape index (κ1) is 22.6. The zero-order valence-electron chi connectivity index (χ0n) is 18.3. The molecule has 0 aliphatic carbocycles. The quantitative estimate of drug-likeness (QED) is 0.242. The number of non-ortho nitro benzene ring substituents is 1. The van der Waals surface area contributed by atoms with E-state index in [9.17, 15) is 14.9 Å². The highest BCUT2D eigenvalue weighted by Gasteiger charge is 2.27. The fraction of sp³-hybridized carbons (Fsp3) is 0.273. The number of hydrogen-bond acceptors (Lipinski definition) is 8. The Morgan fingerprint density at radius 2 is 1.75 bits per heavy atom. The van der Waals surface area contributed by atoms with Crippen molar-refractivity contribution in [3.8, 4) is 5.69 Å². The van der Waals surface area contributed by atoms with Crippen molar-refractivity contribution < 1.29 is 14.5 Å². The van der Waals surface area contributed by atoms with Gasteiger partial charge in [0.2, 0.25) is 0 Å². The summed E-state index contributed by atoms with van der Waals surface area (Å²) in [7, 11) is 0. The van der Waals surface area contributed by atoms with Crippen LogP contribution in [0.1, 0.15) is 43.7 Å². The number of nitrogen functional groups attached to an aromatic ring is 1. The van der Waals surface area contributed by atoms with Crippen molar-refractivity contribution in [2.24, 2.45) is 10.2 Å². The van der Waals surface area contributed by atoms with Crippen molar-refractivity contribution in [2.45, 2.75) is 33.1 Å². The van der Waals surface area contributed by atoms with Crippen LogP contribution in [0.3, 0.4) is 0 Å². The van der Waals surface area contributed by atoms with Crippen molar-refractivity contribution in [2.75, 3.05) is 12.3 Å². The predicted molar refractivity (Wildman–Crippen MR) is 120 cm³/mol. The Labute approximate surface area is 184 Å². The van der Waals surface area contributed by atoms with Gasteiger partial charge in [0.1, 0.15) is 0 Å². The van der Waals surface area contributed by atoms with E-state index in [0.29, 0.717) is 34.9 Å². The normalized spacial score (nSPS) is 11.6. The van der Waals surface area contributed by atoms with Gasteiger partial charge in [-0.25, -0.2) is 9.48 Å². The maximum absolute atomic E-state index is 11.9. The van der Waals surface area contributed by atoms with Gasteiger partial charge < -0.3 is 10.5 Å². The Morgan fingerprint density at radius 1 is 1.12 bits per heavy atom. The minimum atomic E-state index is -0.478. The first-order valence-electron chi connectivity index (χ1n) is 9.94. The van der Waals surface area contributed by atoms with E-state index in [4.69, 9.17) is 10.5 Å². The Bertz CT molecular complexity index is 1160. The lowest BCUT2D eigenvalue weighted by molar-refractivity contribution is -0.384. The summed E-state index contributed by atoms with van der Waals surface area (Å²) >= 11 is 0. The second-order valence-electron chi connectivity index (χ2n) is 7.99. The number of anilines is 1. The molecule has 3 aromatic rings. The van der Waals surface area contributed by atoms with E-state index in [0.717, 1.165) is 0 Å². The fourth-order valence-electron chi connectivity index (χ4n) is 2.93. The van der Waals surface area contributed by atoms with Gasteiger partial charge in [-0.1, -0.05) is 20.8 Å². The van der Waals surface area contributed by atoms with Gasteiger partial charge in [0, 0.05) is 17.5 Å². The number of rotatable bonds is 6. The number of esters is 1. The lowest BCUT2D eigenvalue weighted by Crippen LogP contribution is -2.13. The maximum atomic E-state index is 11.9. The van der Waals surface area contributed by atoms with Crippen LogP contribution in [0.4, 0.5) is 22.9 Å². The molecule has 2 aromatic carbocycles. The monoisotopic (exact) mass is 436 g/mol. The highest BCUT2D eigenvalue weighted by Crippen LogP contribution is 2.37. The number of nitrogens with two attached hydrogens (primary N) is 1. The molecule has 0 unspecified atom stereocenters. The van der Waals surface area contributed by atoms with Crippen LogP contribution >= 0.6 is 0 Å². The topological polar surface area (TPSA) is 138 Å². The predicted octanol–water partition coefficient (Wildman–Crippen LogP) is 5.25. The molecule has 0 bridgehead atoms. The Balaban J connectivity index is 1.98. The van der Waals surface area contributed by atoms with Crippen LogP contribution in [0.5, 0.6) is 0 Å². The van der Waals surface area contributed by atoms with Crippen LogP contribution in [0.2, 0.25) is 0 Å². The average Bonchev–Trinajstić information content (AvgIpc) is 3.09. The molecular formula is C22H24N6O4. The smallest absolute Gasteiger partial charge is 0.338 e. The van der Waals surface area contributed by atoms with E-state index >= 15 is 0 Å². The molecule has 0 amide bonds. The summed E-state index contributed by atoms with van der Waals surface area (Å²) in [4.78, 5) is 22.2. The third-order valence-electron chi connectivity index (χ3n) is 4.55. The number of nitrogens with zero attached hydrogens (tertiary/aromatic N) is 5. The number of hydrogen-bond donors (Lipinski definition) is 1. The third-order valence-corrected chi connectivity index (χ3v) is 4.55. The number of benzene rings is 2. The molecule has 1 heterocycles. The minimum absolute atomic E-state index is 0.0297. The number of nitro groups is 1. The molecule has 0 saturated carbocycles. The van der Waals surface area contributed by atoms with Gasteiger partial charge in [-0.3, -0.25) is 10.1 Å². The molecule has 1 aromatic heterocycles. The molecule has 0 saturated heterocycles. The summed E-state index contributed by atoms with van der Waals surface area (Å²) in [5.74, 6) is -0.120. The van der Waals surface area contributed by atoms with Gasteiger partial charge in [0.15, 0.2) is 11.5 Å². The molecule has 0 atom stereocenters. The lowest BCUT2D eigenvalue weighted by Gasteiger charge is -2.15. The van der Waals surface area contributed by atoms with Gasteiger partial charge in [-0.2, -0.15) is 10.2 Å². The molecular weight excluding hydrogens is 412 g/mol. The van der Waals surface area contributed by atoms with E-state index in [1.54, 1.807) is 35.9 Å². The molecule has 0 fully saturated rings. The Morgan fingerprint density at radius 3 is 2.28 bits per heavy atom. The molecule has 10 heteroatoms. The fourth-order valence-corrected chi connectivity index (χ4v) is 2.93. The van der Waals surface area contributed by atoms with E-state index in [2.05, 4.69) is 15.3 Å². The molecule has 0 radical (unpaired) electrons. The number of aromatic nitrogens is 2. The van der Waals surface area contributed by atoms with Crippen LogP contribution in [0.15, 0.2) is 58.8 Å². The Kier molecular flexibility index (Phi) is 6.33. The van der Waals surface area contributed by atoms with E-state index in [1.165, 1.54) is 24.3 Å². The first-order valence-corrected chi connectivity index (χ1v) is 9.94. The Hall–Kier alpha value is -4.08. The van der Waals surface area contributed by atoms with Crippen molar-refractivity contribution in [1.82, 2.24) is 9.78 Å². The van der Waals surface area contributed by atoms with Gasteiger partial charge in [0.25, 0.3) is 5.69 Å². The zero-order chi connectivity index (χ0) is 23.5. The van der Waals surface area contributed by atoms with Crippen LogP contribution in [-0.2, 0) is 10.2 Å². The van der Waals surface area contributed by atoms with Crippen molar-refractivity contribution >= 4 is 28.8 Å². The van der Waals surface area contributed by atoms with Crippen LogP contribution < -0.4 is 5.73 Å². The molecule has 2 N–H and O–H groups in total. The third kappa shape index (κ3) is 4.80. The van der Waals surface area contributed by atoms with Crippen LogP contribution in [0.25, 0.3) is 5.69 Å². The van der Waals surface area contributed by atoms with Crippen molar-refractivity contribution in [3.05, 3.63) is 69.9 Å². The van der Waals surface area contributed by atoms with Crippen LogP contribution in [-0.4, -0.2) is 27.3 Å². The average molecular weight is 436 g/mol. The molecule has 32 heavy (non-hydrogen) atoms. The highest BCUT2D eigenvalue weighted by atomic mass is 16.6. The SMILES string of the molecule is CCOC(=O)c1ccc(-n2nc(C(C)(C)C)c(N=Nc3ccc([N+](=O)[O-])cc3)c2N)cc1. The second-order valence-corrected chi connectivity index (χ2v) is 7.99. The summed E-state index contributed by atoms with van der Waals surface area (Å²) < 4.78 is 6.55. The summed E-state index contributed by atoms with van der Waals surface area (Å²) in [5, 5.41) is 24.0. The van der Waals surface area contributed by atoms with Crippen molar-refractivity contribution in [3.63, 3.8) is 0 Å². The summed E-state index contributed by atoms with van der Waals surface area (Å²) in [6.45, 7) is 7.98. The molecule has 0 spiro atoms. The zero-order valence-corrected chi connectivity index (χ0v) is 18.3. The number of ether oxygens (including phenoxy) is 1. The summed E-state index contributed by atoms with van der Waals surface area (Å²) in [5.41, 5.74) is 8.53. The number of carbonyl (C=O) groups is 1. The van der Waals surface area contributed by atoms with E-state index in [1.807, 2.05) is 20.8 Å². The molecule has 10 nitrogen and oxygen atoms in total. The molecule has 0 aliphatic heterocycles. The van der Waals surface area contributed by atoms with Gasteiger partial charge in [-0.15, -0.1) is 5.11 Å².